The van der Waals surface area contributed by atoms with Crippen molar-refractivity contribution in [3.05, 3.63) is 24.4 Å². The first kappa shape index (κ1) is 10.2. The molecule has 0 amide bonds. The number of pyridine rings is 1. The van der Waals surface area contributed by atoms with E-state index in [0.717, 1.165) is 24.6 Å². The third-order valence-electron chi connectivity index (χ3n) is 2.90. The molecule has 1 atom stereocenters. The Hall–Kier alpha value is -1.95. The van der Waals surface area contributed by atoms with E-state index in [9.17, 15) is 0 Å². The van der Waals surface area contributed by atoms with E-state index in [-0.39, 0.29) is 6.04 Å². The Bertz CT molecular complexity index is 506. The summed E-state index contributed by atoms with van der Waals surface area (Å²) in [5, 5.41) is 7.70. The first-order chi connectivity index (χ1) is 8.38. The minimum atomic E-state index is 0.233. The highest BCUT2D eigenvalue weighted by atomic mass is 15.4. The Balaban J connectivity index is 2.02. The second kappa shape index (κ2) is 4.14. The number of fused-ring (bicyclic) bond motifs is 1. The van der Waals surface area contributed by atoms with Gasteiger partial charge in [0.05, 0.1) is 6.04 Å². The first-order valence-electron chi connectivity index (χ1n) is 5.70. The lowest BCUT2D eigenvalue weighted by atomic mass is 10.2. The number of nitrogens with one attached hydrogen (secondary N) is 1. The number of rotatable bonds is 2. The molecule has 0 aromatic carbocycles. The van der Waals surface area contributed by atoms with Crippen LogP contribution in [0.2, 0.25) is 0 Å². The van der Waals surface area contributed by atoms with Gasteiger partial charge < -0.3 is 11.1 Å². The van der Waals surface area contributed by atoms with Crippen LogP contribution in [-0.2, 0) is 0 Å². The van der Waals surface area contributed by atoms with Crippen LogP contribution < -0.4 is 11.1 Å². The summed E-state index contributed by atoms with van der Waals surface area (Å²) in [5.41, 5.74) is 6.52. The minimum absolute atomic E-state index is 0.233. The maximum absolute atomic E-state index is 5.73. The van der Waals surface area contributed by atoms with Gasteiger partial charge in [0, 0.05) is 19.3 Å². The van der Waals surface area contributed by atoms with Gasteiger partial charge in [0.1, 0.15) is 5.69 Å². The number of anilines is 1. The van der Waals surface area contributed by atoms with Crippen LogP contribution in [0.1, 0.15) is 12.5 Å². The van der Waals surface area contributed by atoms with E-state index in [1.54, 1.807) is 6.20 Å². The highest BCUT2D eigenvalue weighted by Crippen LogP contribution is 2.23. The number of nitrogens with two attached hydrogens (primary N) is 1. The van der Waals surface area contributed by atoms with E-state index in [1.165, 1.54) is 0 Å². The minimum Gasteiger partial charge on any atom is -0.354 e. The second-order valence-electron chi connectivity index (χ2n) is 4.02. The summed E-state index contributed by atoms with van der Waals surface area (Å²) in [6.45, 7) is 1.47. The van der Waals surface area contributed by atoms with Crippen molar-refractivity contribution in [2.75, 3.05) is 18.4 Å². The molecule has 0 saturated carbocycles. The predicted molar refractivity (Wildman–Crippen MR) is 64.5 cm³/mol. The smallest absolute Gasteiger partial charge is 0.222 e. The zero-order valence-corrected chi connectivity index (χ0v) is 9.37. The third kappa shape index (κ3) is 1.76. The van der Waals surface area contributed by atoms with E-state index in [0.29, 0.717) is 12.4 Å². The van der Waals surface area contributed by atoms with E-state index >= 15 is 0 Å². The van der Waals surface area contributed by atoms with Crippen LogP contribution in [0.25, 0.3) is 11.5 Å². The summed E-state index contributed by atoms with van der Waals surface area (Å²) >= 11 is 0. The summed E-state index contributed by atoms with van der Waals surface area (Å²) < 4.78 is 1.87. The maximum atomic E-state index is 5.73. The van der Waals surface area contributed by atoms with Crippen molar-refractivity contribution in [2.45, 2.75) is 12.5 Å². The molecule has 2 aromatic heterocycles. The predicted octanol–water partition coefficient (Wildman–Crippen LogP) is 0.655. The highest BCUT2D eigenvalue weighted by Gasteiger charge is 2.22. The topological polar surface area (TPSA) is 81.7 Å². The van der Waals surface area contributed by atoms with E-state index < -0.39 is 0 Å². The molecule has 0 radical (unpaired) electrons. The quantitative estimate of drug-likeness (QED) is 0.791. The zero-order chi connectivity index (χ0) is 11.7. The Morgan fingerprint density at radius 1 is 1.47 bits per heavy atom. The molecule has 0 bridgehead atoms. The van der Waals surface area contributed by atoms with Crippen LogP contribution in [0.15, 0.2) is 24.4 Å². The standard InChI is InChI=1S/C11H14N6/c12-7-8-4-6-14-11-15-10(16-17(8)11)9-3-1-2-5-13-9/h1-3,5,8H,4,6-7,12H2,(H,14,15,16). The maximum Gasteiger partial charge on any atom is 0.222 e. The molecule has 2 aromatic rings. The second-order valence-corrected chi connectivity index (χ2v) is 4.02. The van der Waals surface area contributed by atoms with Gasteiger partial charge in [-0.2, -0.15) is 4.98 Å². The van der Waals surface area contributed by atoms with Crippen LogP contribution in [0, 0.1) is 0 Å². The average Bonchev–Trinajstić information content (AvgIpc) is 2.83. The molecular formula is C11H14N6. The monoisotopic (exact) mass is 230 g/mol. The third-order valence-corrected chi connectivity index (χ3v) is 2.90. The van der Waals surface area contributed by atoms with Crippen LogP contribution in [-0.4, -0.2) is 32.8 Å². The molecule has 0 aliphatic carbocycles. The van der Waals surface area contributed by atoms with Gasteiger partial charge in [-0.3, -0.25) is 4.98 Å². The molecular weight excluding hydrogens is 216 g/mol. The van der Waals surface area contributed by atoms with Gasteiger partial charge in [-0.25, -0.2) is 4.68 Å². The Morgan fingerprint density at radius 2 is 2.41 bits per heavy atom. The Morgan fingerprint density at radius 3 is 3.18 bits per heavy atom. The molecule has 0 spiro atoms. The summed E-state index contributed by atoms with van der Waals surface area (Å²) in [7, 11) is 0. The molecule has 88 valence electrons. The number of hydrogen-bond donors (Lipinski definition) is 2. The fraction of sp³-hybridized carbons (Fsp3) is 0.364. The van der Waals surface area contributed by atoms with Gasteiger partial charge >= 0.3 is 0 Å². The van der Waals surface area contributed by atoms with Crippen molar-refractivity contribution in [1.82, 2.24) is 19.7 Å². The molecule has 0 fully saturated rings. The van der Waals surface area contributed by atoms with Crippen LogP contribution in [0.4, 0.5) is 5.95 Å². The molecule has 6 heteroatoms. The average molecular weight is 230 g/mol. The lowest BCUT2D eigenvalue weighted by molar-refractivity contribution is 0.427. The zero-order valence-electron chi connectivity index (χ0n) is 9.37. The fourth-order valence-corrected chi connectivity index (χ4v) is 1.99. The van der Waals surface area contributed by atoms with Crippen molar-refractivity contribution in [1.29, 1.82) is 0 Å². The summed E-state index contributed by atoms with van der Waals surface area (Å²) in [5.74, 6) is 1.43. The van der Waals surface area contributed by atoms with Crippen molar-refractivity contribution >= 4 is 5.95 Å². The van der Waals surface area contributed by atoms with Crippen LogP contribution in [0.3, 0.4) is 0 Å². The van der Waals surface area contributed by atoms with Gasteiger partial charge in [-0.05, 0) is 18.6 Å². The highest BCUT2D eigenvalue weighted by molar-refractivity contribution is 5.51. The van der Waals surface area contributed by atoms with E-state index in [4.69, 9.17) is 5.73 Å². The Kier molecular flexibility index (Phi) is 2.49. The van der Waals surface area contributed by atoms with Crippen molar-refractivity contribution in [2.24, 2.45) is 5.73 Å². The molecule has 1 aliphatic rings. The molecule has 3 heterocycles. The largest absolute Gasteiger partial charge is 0.354 e. The van der Waals surface area contributed by atoms with Gasteiger partial charge in [-0.15, -0.1) is 5.10 Å². The summed E-state index contributed by atoms with van der Waals surface area (Å²) in [6.07, 6.45) is 2.72. The van der Waals surface area contributed by atoms with Crippen molar-refractivity contribution in [3.63, 3.8) is 0 Å². The lowest BCUT2D eigenvalue weighted by Gasteiger charge is -2.22. The van der Waals surface area contributed by atoms with Crippen molar-refractivity contribution < 1.29 is 0 Å². The molecule has 17 heavy (non-hydrogen) atoms. The van der Waals surface area contributed by atoms with Gasteiger partial charge in [0.2, 0.25) is 11.8 Å². The Labute approximate surface area is 98.9 Å². The molecule has 6 nitrogen and oxygen atoms in total. The van der Waals surface area contributed by atoms with Crippen LogP contribution >= 0.6 is 0 Å². The number of nitrogens with zero attached hydrogens (tertiary/aromatic N) is 4. The van der Waals surface area contributed by atoms with E-state index in [1.807, 2.05) is 22.9 Å². The fourth-order valence-electron chi connectivity index (χ4n) is 1.99. The molecule has 3 rings (SSSR count). The molecule has 0 saturated heterocycles. The van der Waals surface area contributed by atoms with Crippen LogP contribution in [0.5, 0.6) is 0 Å². The molecule has 1 aliphatic heterocycles. The molecule has 1 unspecified atom stereocenters. The first-order valence-corrected chi connectivity index (χ1v) is 5.70. The summed E-state index contributed by atoms with van der Waals surface area (Å²) in [4.78, 5) is 8.69. The lowest BCUT2D eigenvalue weighted by Crippen LogP contribution is -2.29. The number of aromatic nitrogens is 4. The summed E-state index contributed by atoms with van der Waals surface area (Å²) in [6, 6.07) is 5.94. The van der Waals surface area contributed by atoms with E-state index in [2.05, 4.69) is 20.4 Å². The SMILES string of the molecule is NCC1CCNc2nc(-c3ccccn3)nn21. The van der Waals surface area contributed by atoms with Gasteiger partial charge in [0.15, 0.2) is 0 Å². The normalized spacial score (nSPS) is 18.5. The molecule has 3 N–H and O–H groups in total. The van der Waals surface area contributed by atoms with Gasteiger partial charge in [0.25, 0.3) is 0 Å². The van der Waals surface area contributed by atoms with Gasteiger partial charge in [-0.1, -0.05) is 6.07 Å². The number of hydrogen-bond acceptors (Lipinski definition) is 5. The van der Waals surface area contributed by atoms with Crippen molar-refractivity contribution in [3.8, 4) is 11.5 Å².